The number of halogens is 1. The molecule has 7 unspecified atom stereocenters. The lowest BCUT2D eigenvalue weighted by Gasteiger charge is -2.47. The molecule has 0 aromatic carbocycles. The number of alkyl halides is 1. The van der Waals surface area contributed by atoms with Gasteiger partial charge in [-0.15, -0.1) is 11.6 Å². The Bertz CT molecular complexity index is 388. The lowest BCUT2D eigenvalue weighted by Crippen LogP contribution is -2.69. The Hall–Kier alpha value is 0.170. The SMILES string of the molecule is CC(C)N1C2CCC(Cl)CC2C2NC3CCCCC3NC21. The summed E-state index contributed by atoms with van der Waals surface area (Å²) in [6.07, 6.45) is 9.69. The fourth-order valence-electron chi connectivity index (χ4n) is 5.62. The number of piperazine rings is 1. The molecule has 0 aromatic heterocycles. The second-order valence-corrected chi connectivity index (χ2v) is 8.60. The number of likely N-dealkylation sites (tertiary alicyclic amines) is 1. The monoisotopic (exact) mass is 311 g/mol. The predicted octanol–water partition coefficient (Wildman–Crippen LogP) is 2.69. The standard InChI is InChI=1S/C17H30ClN3/c1-10(2)21-15-8-7-11(18)9-12(15)16-17(21)20-14-6-4-3-5-13(14)19-16/h10-17,19-20H,3-9H2,1-2H3. The number of nitrogens with one attached hydrogen (secondary N) is 2. The molecule has 4 rings (SSSR count). The van der Waals surface area contributed by atoms with Crippen molar-refractivity contribution in [2.75, 3.05) is 0 Å². The third-order valence-corrected chi connectivity index (χ3v) is 6.85. The molecule has 7 atom stereocenters. The summed E-state index contributed by atoms with van der Waals surface area (Å²) in [7, 11) is 0. The van der Waals surface area contributed by atoms with Crippen LogP contribution >= 0.6 is 11.6 Å². The Labute approximate surface area is 134 Å². The van der Waals surface area contributed by atoms with Gasteiger partial charge in [-0.05, 0) is 51.9 Å². The van der Waals surface area contributed by atoms with Crippen LogP contribution in [-0.2, 0) is 0 Å². The number of hydrogen-bond donors (Lipinski definition) is 2. The first-order chi connectivity index (χ1) is 10.1. The van der Waals surface area contributed by atoms with Crippen molar-refractivity contribution in [3.05, 3.63) is 0 Å². The van der Waals surface area contributed by atoms with Gasteiger partial charge in [0.2, 0.25) is 0 Å². The molecule has 2 aliphatic heterocycles. The van der Waals surface area contributed by atoms with Crippen LogP contribution in [0.3, 0.4) is 0 Å². The molecule has 4 fully saturated rings. The lowest BCUT2D eigenvalue weighted by atomic mass is 9.79. The Balaban J connectivity index is 1.60. The maximum Gasteiger partial charge on any atom is 0.0766 e. The molecule has 2 heterocycles. The molecule has 4 aliphatic rings. The van der Waals surface area contributed by atoms with E-state index in [0.717, 1.165) is 12.0 Å². The average molecular weight is 312 g/mol. The lowest BCUT2D eigenvalue weighted by molar-refractivity contribution is 0.0656. The molecule has 0 amide bonds. The Kier molecular flexibility index (Phi) is 3.98. The molecule has 2 saturated heterocycles. The largest absolute Gasteiger partial charge is 0.307 e. The van der Waals surface area contributed by atoms with E-state index in [1.54, 1.807) is 0 Å². The molecular formula is C17H30ClN3. The molecule has 0 aromatic rings. The maximum absolute atomic E-state index is 6.51. The summed E-state index contributed by atoms with van der Waals surface area (Å²) in [6, 6.07) is 3.35. The highest BCUT2D eigenvalue weighted by Gasteiger charge is 2.54. The summed E-state index contributed by atoms with van der Waals surface area (Å²) in [5.41, 5.74) is 0. The van der Waals surface area contributed by atoms with Gasteiger partial charge in [-0.2, -0.15) is 0 Å². The first-order valence-corrected chi connectivity index (χ1v) is 9.52. The zero-order valence-electron chi connectivity index (χ0n) is 13.4. The van der Waals surface area contributed by atoms with E-state index < -0.39 is 0 Å². The zero-order valence-corrected chi connectivity index (χ0v) is 14.1. The van der Waals surface area contributed by atoms with Gasteiger partial charge in [-0.25, -0.2) is 0 Å². The highest BCUT2D eigenvalue weighted by molar-refractivity contribution is 6.20. The van der Waals surface area contributed by atoms with Gasteiger partial charge in [-0.3, -0.25) is 10.2 Å². The zero-order chi connectivity index (χ0) is 14.6. The molecule has 4 heteroatoms. The van der Waals surface area contributed by atoms with Crippen LogP contribution in [0.1, 0.15) is 58.8 Å². The van der Waals surface area contributed by atoms with Gasteiger partial charge >= 0.3 is 0 Å². The van der Waals surface area contributed by atoms with E-state index in [1.165, 1.54) is 44.9 Å². The number of fused-ring (bicyclic) bond motifs is 4. The summed E-state index contributed by atoms with van der Waals surface area (Å²) in [4.78, 5) is 2.77. The highest BCUT2D eigenvalue weighted by atomic mass is 35.5. The third kappa shape index (κ3) is 2.45. The van der Waals surface area contributed by atoms with E-state index in [4.69, 9.17) is 11.6 Å². The van der Waals surface area contributed by atoms with Gasteiger partial charge in [0, 0.05) is 35.6 Å². The molecule has 120 valence electrons. The molecule has 0 bridgehead atoms. The molecule has 3 nitrogen and oxygen atoms in total. The maximum atomic E-state index is 6.51. The molecule has 0 radical (unpaired) electrons. The van der Waals surface area contributed by atoms with Crippen LogP contribution in [0.2, 0.25) is 0 Å². The predicted molar refractivity (Wildman–Crippen MR) is 87.6 cm³/mol. The second-order valence-electron chi connectivity index (χ2n) is 7.98. The summed E-state index contributed by atoms with van der Waals surface area (Å²) >= 11 is 6.51. The van der Waals surface area contributed by atoms with Crippen molar-refractivity contribution in [2.45, 2.75) is 101 Å². The van der Waals surface area contributed by atoms with E-state index in [1.807, 2.05) is 0 Å². The van der Waals surface area contributed by atoms with Crippen molar-refractivity contribution in [1.82, 2.24) is 15.5 Å². The van der Waals surface area contributed by atoms with Crippen LogP contribution in [0, 0.1) is 5.92 Å². The van der Waals surface area contributed by atoms with Gasteiger partial charge in [0.25, 0.3) is 0 Å². The van der Waals surface area contributed by atoms with Crippen molar-refractivity contribution in [3.8, 4) is 0 Å². The summed E-state index contributed by atoms with van der Waals surface area (Å²) < 4.78 is 0. The second kappa shape index (κ2) is 5.67. The van der Waals surface area contributed by atoms with E-state index in [2.05, 4.69) is 29.4 Å². The number of hydrogen-bond acceptors (Lipinski definition) is 3. The first-order valence-electron chi connectivity index (χ1n) is 9.09. The summed E-state index contributed by atoms with van der Waals surface area (Å²) in [5, 5.41) is 8.49. The van der Waals surface area contributed by atoms with Gasteiger partial charge in [-0.1, -0.05) is 12.8 Å². The molecule has 0 spiro atoms. The third-order valence-electron chi connectivity index (χ3n) is 6.46. The van der Waals surface area contributed by atoms with Crippen LogP contribution in [0.4, 0.5) is 0 Å². The smallest absolute Gasteiger partial charge is 0.0766 e. The molecule has 2 saturated carbocycles. The van der Waals surface area contributed by atoms with Crippen molar-refractivity contribution >= 4 is 11.6 Å². The fourth-order valence-corrected chi connectivity index (χ4v) is 5.95. The van der Waals surface area contributed by atoms with Gasteiger partial charge in [0.15, 0.2) is 0 Å². The molecule has 2 aliphatic carbocycles. The van der Waals surface area contributed by atoms with Crippen LogP contribution in [0.25, 0.3) is 0 Å². The van der Waals surface area contributed by atoms with E-state index >= 15 is 0 Å². The van der Waals surface area contributed by atoms with Gasteiger partial charge in [0.1, 0.15) is 0 Å². The van der Waals surface area contributed by atoms with Crippen molar-refractivity contribution in [1.29, 1.82) is 0 Å². The Morgan fingerprint density at radius 1 is 1.00 bits per heavy atom. The number of nitrogens with zero attached hydrogens (tertiary/aromatic N) is 1. The molecule has 2 N–H and O–H groups in total. The quantitative estimate of drug-likeness (QED) is 0.729. The van der Waals surface area contributed by atoms with Crippen LogP contribution in [0.5, 0.6) is 0 Å². The minimum Gasteiger partial charge on any atom is -0.307 e. The summed E-state index contributed by atoms with van der Waals surface area (Å²) in [6.45, 7) is 4.72. The molecule has 21 heavy (non-hydrogen) atoms. The Morgan fingerprint density at radius 2 is 1.71 bits per heavy atom. The Morgan fingerprint density at radius 3 is 2.43 bits per heavy atom. The fraction of sp³-hybridized carbons (Fsp3) is 1.00. The van der Waals surface area contributed by atoms with Crippen LogP contribution < -0.4 is 10.6 Å². The normalized spacial score (nSPS) is 50.6. The topological polar surface area (TPSA) is 27.3 Å². The van der Waals surface area contributed by atoms with Crippen molar-refractivity contribution in [3.63, 3.8) is 0 Å². The van der Waals surface area contributed by atoms with Crippen LogP contribution in [0.15, 0.2) is 0 Å². The van der Waals surface area contributed by atoms with Gasteiger partial charge in [0.05, 0.1) is 6.17 Å². The minimum atomic E-state index is 0.393. The number of rotatable bonds is 1. The van der Waals surface area contributed by atoms with Crippen molar-refractivity contribution in [2.24, 2.45) is 5.92 Å². The van der Waals surface area contributed by atoms with E-state index in [0.29, 0.717) is 35.7 Å². The first kappa shape index (κ1) is 14.7. The van der Waals surface area contributed by atoms with Gasteiger partial charge < -0.3 is 5.32 Å². The molecular weight excluding hydrogens is 282 g/mol. The van der Waals surface area contributed by atoms with E-state index in [9.17, 15) is 0 Å². The average Bonchev–Trinajstić information content (AvgIpc) is 2.78. The highest BCUT2D eigenvalue weighted by Crippen LogP contribution is 2.44. The van der Waals surface area contributed by atoms with E-state index in [-0.39, 0.29) is 0 Å². The minimum absolute atomic E-state index is 0.393. The van der Waals surface area contributed by atoms with Crippen molar-refractivity contribution < 1.29 is 0 Å². The van der Waals surface area contributed by atoms with Crippen LogP contribution in [-0.4, -0.2) is 46.7 Å². The summed E-state index contributed by atoms with van der Waals surface area (Å²) in [5.74, 6) is 0.740.